The normalized spacial score (nSPS) is 52.9. The van der Waals surface area contributed by atoms with Gasteiger partial charge in [-0.2, -0.15) is 0 Å². The Kier molecular flexibility index (Phi) is 0.965. The van der Waals surface area contributed by atoms with Crippen molar-refractivity contribution in [2.75, 3.05) is 0 Å². The van der Waals surface area contributed by atoms with E-state index in [1.54, 1.807) is 0 Å². The molecule has 0 amide bonds. The van der Waals surface area contributed by atoms with Crippen LogP contribution in [-0.2, 0) is 0 Å². The molecule has 0 spiro atoms. The van der Waals surface area contributed by atoms with E-state index < -0.39 is 0 Å². The summed E-state index contributed by atoms with van der Waals surface area (Å²) in [5.41, 5.74) is 0. The molecule has 0 saturated heterocycles. The lowest BCUT2D eigenvalue weighted by Gasteiger charge is -2.18. The van der Waals surface area contributed by atoms with E-state index in [0.717, 1.165) is 11.1 Å². The Morgan fingerprint density at radius 1 is 1.25 bits per heavy atom. The van der Waals surface area contributed by atoms with Crippen LogP contribution in [0.4, 0.5) is 0 Å². The molecular weight excluding hydrogens is 115 g/mol. The summed E-state index contributed by atoms with van der Waals surface area (Å²) >= 11 is 0. The zero-order valence-electron chi connectivity index (χ0n) is 5.19. The highest BCUT2D eigenvalue weighted by atomic mass is 31.0. The summed E-state index contributed by atoms with van der Waals surface area (Å²) < 4.78 is 0. The zero-order chi connectivity index (χ0) is 5.61. The molecule has 1 heteroatoms. The Morgan fingerprint density at radius 2 is 1.88 bits per heavy atom. The lowest BCUT2D eigenvalue weighted by Crippen LogP contribution is -2.10. The van der Waals surface area contributed by atoms with Gasteiger partial charge in [0.05, 0.1) is 0 Å². The fourth-order valence-corrected chi connectivity index (χ4v) is 2.90. The largest absolute Gasteiger partial charge is 0.131 e. The van der Waals surface area contributed by atoms with Crippen LogP contribution in [-0.4, -0.2) is 5.16 Å². The summed E-state index contributed by atoms with van der Waals surface area (Å²) in [6.45, 7) is 0. The van der Waals surface area contributed by atoms with Crippen molar-refractivity contribution in [2.24, 2.45) is 5.92 Å². The van der Waals surface area contributed by atoms with Gasteiger partial charge in [0.1, 0.15) is 0 Å². The van der Waals surface area contributed by atoms with Crippen LogP contribution in [0.1, 0.15) is 32.1 Å². The van der Waals surface area contributed by atoms with Crippen molar-refractivity contribution in [1.82, 2.24) is 0 Å². The molecule has 0 aromatic rings. The van der Waals surface area contributed by atoms with Gasteiger partial charge in [0.25, 0.3) is 0 Å². The molecule has 0 N–H and O–H groups in total. The molecule has 2 rings (SSSR count). The van der Waals surface area contributed by atoms with Crippen molar-refractivity contribution in [3.05, 3.63) is 0 Å². The average Bonchev–Trinajstić information content (AvgIpc) is 2.21. The topological polar surface area (TPSA) is 0 Å². The Morgan fingerprint density at radius 3 is 2.00 bits per heavy atom. The van der Waals surface area contributed by atoms with Gasteiger partial charge in [-0.3, -0.25) is 0 Å². The third-order valence-corrected chi connectivity index (χ3v) is 3.61. The van der Waals surface area contributed by atoms with Gasteiger partial charge in [-0.1, -0.05) is 0 Å². The molecule has 0 aliphatic heterocycles. The number of hydrogen-bond donors (Lipinski definition) is 0. The second kappa shape index (κ2) is 1.48. The predicted molar refractivity (Wildman–Crippen MR) is 39.0 cm³/mol. The molecule has 2 saturated carbocycles. The van der Waals surface area contributed by atoms with Crippen LogP contribution >= 0.6 is 9.24 Å². The standard InChI is InChI=1S/C7H13P/c8-7-3-1-6(5-7)2-4-7/h6H,1-5,8H2. The summed E-state index contributed by atoms with van der Waals surface area (Å²) in [4.78, 5) is 0. The quantitative estimate of drug-likeness (QED) is 0.439. The van der Waals surface area contributed by atoms with Gasteiger partial charge >= 0.3 is 0 Å². The summed E-state index contributed by atoms with van der Waals surface area (Å²) in [5, 5.41) is 0.727. The molecule has 46 valence electrons. The van der Waals surface area contributed by atoms with E-state index in [4.69, 9.17) is 0 Å². The second-order valence-corrected chi connectivity index (χ2v) is 4.73. The van der Waals surface area contributed by atoms with Crippen molar-refractivity contribution >= 4 is 9.24 Å². The van der Waals surface area contributed by atoms with E-state index in [0.29, 0.717) is 0 Å². The SMILES string of the molecule is PC12CCC(CC1)C2. The molecule has 0 radical (unpaired) electrons. The molecule has 1 unspecified atom stereocenters. The molecule has 0 heterocycles. The highest BCUT2D eigenvalue weighted by Gasteiger charge is 2.40. The first kappa shape index (κ1) is 5.23. The van der Waals surface area contributed by atoms with Crippen molar-refractivity contribution in [2.45, 2.75) is 37.3 Å². The average molecular weight is 128 g/mol. The van der Waals surface area contributed by atoms with Crippen LogP contribution < -0.4 is 0 Å². The lowest BCUT2D eigenvalue weighted by molar-refractivity contribution is 0.499. The smallest absolute Gasteiger partial charge is 0.0147 e. The Balaban J connectivity index is 2.19. The highest BCUT2D eigenvalue weighted by Crippen LogP contribution is 2.52. The number of hydrogen-bond acceptors (Lipinski definition) is 0. The van der Waals surface area contributed by atoms with Gasteiger partial charge in [-0.25, -0.2) is 0 Å². The molecule has 2 aliphatic carbocycles. The van der Waals surface area contributed by atoms with E-state index in [2.05, 4.69) is 9.24 Å². The van der Waals surface area contributed by atoms with Gasteiger partial charge in [0.2, 0.25) is 0 Å². The molecule has 2 fully saturated rings. The zero-order valence-corrected chi connectivity index (χ0v) is 6.34. The lowest BCUT2D eigenvalue weighted by atomic mass is 10.0. The van der Waals surface area contributed by atoms with E-state index >= 15 is 0 Å². The first-order valence-corrected chi connectivity index (χ1v) is 4.15. The van der Waals surface area contributed by atoms with Crippen molar-refractivity contribution < 1.29 is 0 Å². The third kappa shape index (κ3) is 0.624. The van der Waals surface area contributed by atoms with Crippen LogP contribution in [0.2, 0.25) is 0 Å². The minimum atomic E-state index is 0.727. The highest BCUT2D eigenvalue weighted by molar-refractivity contribution is 7.19. The molecule has 1 atom stereocenters. The monoisotopic (exact) mass is 128 g/mol. The van der Waals surface area contributed by atoms with Gasteiger partial charge in [-0.05, 0) is 43.2 Å². The maximum absolute atomic E-state index is 3.05. The first-order chi connectivity index (χ1) is 3.79. The second-order valence-electron chi connectivity index (χ2n) is 3.51. The molecular formula is C7H13P. The molecule has 0 aromatic heterocycles. The van der Waals surface area contributed by atoms with Crippen molar-refractivity contribution in [3.8, 4) is 0 Å². The maximum Gasteiger partial charge on any atom is -0.0147 e. The molecule has 2 bridgehead atoms. The fourth-order valence-electron chi connectivity index (χ4n) is 2.24. The van der Waals surface area contributed by atoms with E-state index in [1.807, 2.05) is 0 Å². The van der Waals surface area contributed by atoms with Gasteiger partial charge < -0.3 is 0 Å². The van der Waals surface area contributed by atoms with Crippen LogP contribution in [0.15, 0.2) is 0 Å². The summed E-state index contributed by atoms with van der Waals surface area (Å²) in [6, 6.07) is 0. The van der Waals surface area contributed by atoms with E-state index in [9.17, 15) is 0 Å². The van der Waals surface area contributed by atoms with Crippen LogP contribution in [0, 0.1) is 5.92 Å². The number of rotatable bonds is 0. The minimum Gasteiger partial charge on any atom is -0.131 e. The van der Waals surface area contributed by atoms with Gasteiger partial charge in [-0.15, -0.1) is 9.24 Å². The molecule has 8 heavy (non-hydrogen) atoms. The summed E-state index contributed by atoms with van der Waals surface area (Å²) in [6.07, 6.45) is 7.52. The van der Waals surface area contributed by atoms with Gasteiger partial charge in [0.15, 0.2) is 0 Å². The van der Waals surface area contributed by atoms with Crippen molar-refractivity contribution in [3.63, 3.8) is 0 Å². The minimum absolute atomic E-state index is 0.727. The summed E-state index contributed by atoms with van der Waals surface area (Å²) in [5.74, 6) is 1.12. The van der Waals surface area contributed by atoms with Gasteiger partial charge in [0, 0.05) is 0 Å². The molecule has 0 aromatic carbocycles. The van der Waals surface area contributed by atoms with Crippen LogP contribution in [0.25, 0.3) is 0 Å². The Labute approximate surface area is 53.2 Å². The number of fused-ring (bicyclic) bond motifs is 2. The van der Waals surface area contributed by atoms with Crippen LogP contribution in [0.3, 0.4) is 0 Å². The first-order valence-electron chi connectivity index (χ1n) is 3.57. The maximum atomic E-state index is 3.05. The van der Waals surface area contributed by atoms with Crippen LogP contribution in [0.5, 0.6) is 0 Å². The Hall–Kier alpha value is 0.430. The predicted octanol–water partition coefficient (Wildman–Crippen LogP) is 2.19. The van der Waals surface area contributed by atoms with E-state index in [1.165, 1.54) is 32.1 Å². The molecule has 0 nitrogen and oxygen atoms in total. The third-order valence-electron chi connectivity index (χ3n) is 2.80. The van der Waals surface area contributed by atoms with Crippen molar-refractivity contribution in [1.29, 1.82) is 0 Å². The fraction of sp³-hybridized carbons (Fsp3) is 1.00. The molecule has 2 aliphatic rings. The summed E-state index contributed by atoms with van der Waals surface area (Å²) in [7, 11) is 3.05. The Bertz CT molecular complexity index is 101. The van der Waals surface area contributed by atoms with E-state index in [-0.39, 0.29) is 0 Å².